The van der Waals surface area contributed by atoms with Crippen LogP contribution in [0, 0.1) is 0 Å². The lowest BCUT2D eigenvalue weighted by Crippen LogP contribution is -2.24. The van der Waals surface area contributed by atoms with Gasteiger partial charge in [-0.1, -0.05) is 18.2 Å². The first-order valence-corrected chi connectivity index (χ1v) is 6.26. The monoisotopic (exact) mass is 244 g/mol. The van der Waals surface area contributed by atoms with E-state index in [2.05, 4.69) is 41.2 Å². The number of aromatic nitrogens is 2. The van der Waals surface area contributed by atoms with Gasteiger partial charge in [-0.2, -0.15) is 5.10 Å². The van der Waals surface area contributed by atoms with E-state index in [4.69, 9.17) is 5.73 Å². The molecule has 2 N–H and O–H groups in total. The van der Waals surface area contributed by atoms with Gasteiger partial charge in [0.15, 0.2) is 0 Å². The van der Waals surface area contributed by atoms with E-state index < -0.39 is 0 Å². The summed E-state index contributed by atoms with van der Waals surface area (Å²) in [6, 6.07) is 10.4. The van der Waals surface area contributed by atoms with Crippen molar-refractivity contribution < 1.29 is 0 Å². The zero-order chi connectivity index (χ0) is 13.0. The van der Waals surface area contributed by atoms with E-state index in [1.807, 2.05) is 24.0 Å². The molecule has 0 aliphatic carbocycles. The van der Waals surface area contributed by atoms with Gasteiger partial charge in [0.05, 0.1) is 18.4 Å². The van der Waals surface area contributed by atoms with Crippen molar-refractivity contribution in [3.05, 3.63) is 47.8 Å². The second kappa shape index (κ2) is 5.69. The first kappa shape index (κ1) is 12.6. The Labute approximate surface area is 108 Å². The third-order valence-corrected chi connectivity index (χ3v) is 3.21. The molecule has 0 bridgehead atoms. The highest BCUT2D eigenvalue weighted by Gasteiger charge is 2.11. The molecule has 0 atom stereocenters. The van der Waals surface area contributed by atoms with E-state index in [1.165, 1.54) is 11.4 Å². The molecular weight excluding hydrogens is 224 g/mol. The number of para-hydroxylation sites is 1. The highest BCUT2D eigenvalue weighted by Crippen LogP contribution is 2.17. The van der Waals surface area contributed by atoms with Crippen LogP contribution in [0.5, 0.6) is 0 Å². The average Bonchev–Trinajstić information content (AvgIpc) is 2.77. The lowest BCUT2D eigenvalue weighted by atomic mass is 10.2. The Hall–Kier alpha value is -1.81. The molecule has 0 saturated heterocycles. The predicted octanol–water partition coefficient (Wildman–Crippen LogP) is 1.91. The summed E-state index contributed by atoms with van der Waals surface area (Å²) in [5.74, 6) is 0. The van der Waals surface area contributed by atoms with Crippen LogP contribution in [0.15, 0.2) is 36.5 Å². The molecule has 2 rings (SSSR count). The second-order valence-electron chi connectivity index (χ2n) is 4.29. The van der Waals surface area contributed by atoms with Crippen LogP contribution in [0.3, 0.4) is 0 Å². The molecule has 0 radical (unpaired) electrons. The molecule has 0 spiro atoms. The zero-order valence-electron chi connectivity index (χ0n) is 11.0. The molecule has 0 fully saturated rings. The number of hydrogen-bond acceptors (Lipinski definition) is 3. The molecule has 0 amide bonds. The standard InChI is InChI=1S/C14H20N4/c1-3-18(13-7-5-4-6-8-13)11-14-12(9-15)10-16-17(14)2/h4-8,10H,3,9,11,15H2,1-2H3. The molecule has 96 valence electrons. The minimum Gasteiger partial charge on any atom is -0.366 e. The van der Waals surface area contributed by atoms with Crippen molar-refractivity contribution in [3.8, 4) is 0 Å². The summed E-state index contributed by atoms with van der Waals surface area (Å²) in [6.45, 7) is 4.49. The molecule has 18 heavy (non-hydrogen) atoms. The van der Waals surface area contributed by atoms with Crippen molar-refractivity contribution in [3.63, 3.8) is 0 Å². The maximum atomic E-state index is 5.75. The quantitative estimate of drug-likeness (QED) is 0.874. The van der Waals surface area contributed by atoms with Crippen LogP contribution in [-0.4, -0.2) is 16.3 Å². The van der Waals surface area contributed by atoms with E-state index in [0.29, 0.717) is 6.54 Å². The van der Waals surface area contributed by atoms with Crippen molar-refractivity contribution in [2.45, 2.75) is 20.0 Å². The Kier molecular flexibility index (Phi) is 3.99. The molecular formula is C14H20N4. The van der Waals surface area contributed by atoms with Crippen molar-refractivity contribution >= 4 is 5.69 Å². The fourth-order valence-electron chi connectivity index (χ4n) is 2.09. The summed E-state index contributed by atoms with van der Waals surface area (Å²) >= 11 is 0. The van der Waals surface area contributed by atoms with Gasteiger partial charge in [-0.25, -0.2) is 0 Å². The van der Waals surface area contributed by atoms with Crippen LogP contribution in [-0.2, 0) is 20.1 Å². The Bertz CT molecular complexity index is 490. The largest absolute Gasteiger partial charge is 0.366 e. The first-order valence-electron chi connectivity index (χ1n) is 6.26. The topological polar surface area (TPSA) is 47.1 Å². The minimum atomic E-state index is 0.537. The van der Waals surface area contributed by atoms with Gasteiger partial charge in [0.1, 0.15) is 0 Å². The molecule has 0 unspecified atom stereocenters. The molecule has 2 aromatic rings. The zero-order valence-corrected chi connectivity index (χ0v) is 11.0. The Balaban J connectivity index is 2.23. The number of aryl methyl sites for hydroxylation is 1. The molecule has 4 heteroatoms. The number of anilines is 1. The third-order valence-electron chi connectivity index (χ3n) is 3.21. The first-order chi connectivity index (χ1) is 8.76. The highest BCUT2D eigenvalue weighted by molar-refractivity contribution is 5.46. The Morgan fingerprint density at radius 3 is 2.61 bits per heavy atom. The summed E-state index contributed by atoms with van der Waals surface area (Å²) in [4.78, 5) is 2.32. The van der Waals surface area contributed by atoms with E-state index in [1.54, 1.807) is 0 Å². The summed E-state index contributed by atoms with van der Waals surface area (Å²) in [7, 11) is 1.97. The van der Waals surface area contributed by atoms with Gasteiger partial charge in [0, 0.05) is 31.4 Å². The molecule has 1 aromatic carbocycles. The van der Waals surface area contributed by atoms with Gasteiger partial charge in [-0.15, -0.1) is 0 Å². The van der Waals surface area contributed by atoms with Crippen molar-refractivity contribution in [2.24, 2.45) is 12.8 Å². The van der Waals surface area contributed by atoms with Gasteiger partial charge in [-0.3, -0.25) is 4.68 Å². The van der Waals surface area contributed by atoms with Gasteiger partial charge in [0.2, 0.25) is 0 Å². The van der Waals surface area contributed by atoms with Crippen LogP contribution < -0.4 is 10.6 Å². The lowest BCUT2D eigenvalue weighted by molar-refractivity contribution is 0.681. The van der Waals surface area contributed by atoms with Crippen LogP contribution in [0.1, 0.15) is 18.2 Å². The molecule has 4 nitrogen and oxygen atoms in total. The summed E-state index contributed by atoms with van der Waals surface area (Å²) in [5.41, 5.74) is 9.28. The SMILES string of the molecule is CCN(Cc1c(CN)cnn1C)c1ccccc1. The van der Waals surface area contributed by atoms with Crippen molar-refractivity contribution in [1.29, 1.82) is 0 Å². The number of nitrogens with zero attached hydrogens (tertiary/aromatic N) is 3. The fourth-order valence-corrected chi connectivity index (χ4v) is 2.09. The lowest BCUT2D eigenvalue weighted by Gasteiger charge is -2.23. The van der Waals surface area contributed by atoms with Crippen molar-refractivity contribution in [1.82, 2.24) is 9.78 Å². The number of nitrogens with two attached hydrogens (primary N) is 1. The van der Waals surface area contributed by atoms with Gasteiger partial charge < -0.3 is 10.6 Å². The van der Waals surface area contributed by atoms with E-state index in [-0.39, 0.29) is 0 Å². The minimum absolute atomic E-state index is 0.537. The molecule has 0 aliphatic heterocycles. The van der Waals surface area contributed by atoms with Crippen LogP contribution in [0.25, 0.3) is 0 Å². The molecule has 0 saturated carbocycles. The molecule has 1 aromatic heterocycles. The van der Waals surface area contributed by atoms with E-state index in [9.17, 15) is 0 Å². The molecule has 0 aliphatic rings. The Morgan fingerprint density at radius 2 is 2.00 bits per heavy atom. The molecule has 1 heterocycles. The maximum Gasteiger partial charge on any atom is 0.0618 e. The number of hydrogen-bond donors (Lipinski definition) is 1. The average molecular weight is 244 g/mol. The Morgan fingerprint density at radius 1 is 1.28 bits per heavy atom. The fraction of sp³-hybridized carbons (Fsp3) is 0.357. The second-order valence-corrected chi connectivity index (χ2v) is 4.29. The van der Waals surface area contributed by atoms with Gasteiger partial charge in [0.25, 0.3) is 0 Å². The number of rotatable bonds is 5. The van der Waals surface area contributed by atoms with Crippen LogP contribution >= 0.6 is 0 Å². The van der Waals surface area contributed by atoms with Gasteiger partial charge >= 0.3 is 0 Å². The van der Waals surface area contributed by atoms with Crippen LogP contribution in [0.2, 0.25) is 0 Å². The summed E-state index contributed by atoms with van der Waals surface area (Å²) < 4.78 is 1.91. The predicted molar refractivity (Wildman–Crippen MR) is 74.3 cm³/mol. The maximum absolute atomic E-state index is 5.75. The normalized spacial score (nSPS) is 10.6. The van der Waals surface area contributed by atoms with E-state index in [0.717, 1.165) is 18.7 Å². The summed E-state index contributed by atoms with van der Waals surface area (Å²) in [5, 5.41) is 4.28. The highest BCUT2D eigenvalue weighted by atomic mass is 15.3. The number of benzene rings is 1. The summed E-state index contributed by atoms with van der Waals surface area (Å²) in [6.07, 6.45) is 1.86. The van der Waals surface area contributed by atoms with Crippen LogP contribution in [0.4, 0.5) is 5.69 Å². The van der Waals surface area contributed by atoms with Crippen molar-refractivity contribution in [2.75, 3.05) is 11.4 Å². The third kappa shape index (κ3) is 2.54. The van der Waals surface area contributed by atoms with E-state index >= 15 is 0 Å². The smallest absolute Gasteiger partial charge is 0.0618 e. The van der Waals surface area contributed by atoms with Gasteiger partial charge in [-0.05, 0) is 19.1 Å².